The Kier molecular flexibility index (Phi) is 13.4. The second-order valence-corrected chi connectivity index (χ2v) is 7.19. The topological polar surface area (TPSA) is 44.8 Å². The van der Waals surface area contributed by atoms with E-state index in [1.807, 2.05) is 55.4 Å². The van der Waals surface area contributed by atoms with Gasteiger partial charge in [0, 0.05) is 0 Å². The highest BCUT2D eigenvalue weighted by atomic mass is 31.2. The van der Waals surface area contributed by atoms with Crippen LogP contribution in [0.5, 0.6) is 0 Å². The molecule has 0 aromatic carbocycles. The van der Waals surface area contributed by atoms with Crippen molar-refractivity contribution in [2.75, 3.05) is 19.8 Å². The minimum absolute atomic E-state index is 0.300. The minimum Gasteiger partial charge on any atom is -0.287 e. The Morgan fingerprint density at radius 1 is 0.684 bits per heavy atom. The molecule has 4 nitrogen and oxygen atoms in total. The van der Waals surface area contributed by atoms with Crippen LogP contribution in [0, 0.1) is 17.8 Å². The van der Waals surface area contributed by atoms with Gasteiger partial charge < -0.3 is 0 Å². The van der Waals surface area contributed by atoms with E-state index in [0.29, 0.717) is 37.6 Å². The molecular formula is C14H33O4P. The van der Waals surface area contributed by atoms with Crippen LogP contribution in [0.2, 0.25) is 0 Å². The van der Waals surface area contributed by atoms with Crippen molar-refractivity contribution in [3.05, 3.63) is 0 Å². The lowest BCUT2D eigenvalue weighted by atomic mass is 10.2. The fourth-order valence-corrected chi connectivity index (χ4v) is 2.50. The van der Waals surface area contributed by atoms with Crippen LogP contribution in [0.15, 0.2) is 0 Å². The van der Waals surface area contributed by atoms with Gasteiger partial charge in [-0.15, -0.1) is 0 Å². The molecule has 0 saturated heterocycles. The maximum Gasteiger partial charge on any atom is 0.474 e. The van der Waals surface area contributed by atoms with E-state index in [9.17, 15) is 4.57 Å². The summed E-state index contributed by atoms with van der Waals surface area (Å²) < 4.78 is 28.2. The molecule has 0 aliphatic rings. The van der Waals surface area contributed by atoms with E-state index in [0.717, 1.165) is 0 Å². The normalized spacial score (nSPS) is 11.9. The van der Waals surface area contributed by atoms with Crippen LogP contribution in [-0.2, 0) is 18.1 Å². The van der Waals surface area contributed by atoms with Crippen molar-refractivity contribution in [2.24, 2.45) is 17.8 Å². The molecule has 0 spiro atoms. The second kappa shape index (κ2) is 11.9. The smallest absolute Gasteiger partial charge is 0.287 e. The van der Waals surface area contributed by atoms with E-state index in [2.05, 4.69) is 0 Å². The molecule has 0 aliphatic carbocycles. The summed E-state index contributed by atoms with van der Waals surface area (Å²) in [6.07, 6.45) is 0. The number of hydrogen-bond acceptors (Lipinski definition) is 4. The highest BCUT2D eigenvalue weighted by Crippen LogP contribution is 2.50. The van der Waals surface area contributed by atoms with Crippen LogP contribution in [0.25, 0.3) is 0 Å². The molecule has 0 N–H and O–H groups in total. The molecule has 0 atom stereocenters. The Hall–Kier alpha value is 0.110. The van der Waals surface area contributed by atoms with Gasteiger partial charge in [-0.3, -0.25) is 13.6 Å². The van der Waals surface area contributed by atoms with E-state index >= 15 is 0 Å². The van der Waals surface area contributed by atoms with Crippen LogP contribution < -0.4 is 0 Å². The van der Waals surface area contributed by atoms with Gasteiger partial charge in [0.2, 0.25) is 0 Å². The third-order valence-electron chi connectivity index (χ3n) is 1.70. The van der Waals surface area contributed by atoms with Gasteiger partial charge >= 0.3 is 7.82 Å². The quantitative estimate of drug-likeness (QED) is 0.553. The first-order valence-electron chi connectivity index (χ1n) is 7.29. The van der Waals surface area contributed by atoms with Gasteiger partial charge in [0.25, 0.3) is 0 Å². The Bertz CT molecular complexity index is 202. The summed E-state index contributed by atoms with van der Waals surface area (Å²) in [6, 6.07) is 0. The van der Waals surface area contributed by atoms with E-state index in [4.69, 9.17) is 13.6 Å². The molecular weight excluding hydrogens is 263 g/mol. The van der Waals surface area contributed by atoms with Crippen molar-refractivity contribution < 1.29 is 18.1 Å². The van der Waals surface area contributed by atoms with Gasteiger partial charge in [0.1, 0.15) is 0 Å². The molecule has 19 heavy (non-hydrogen) atoms. The molecule has 0 aromatic heterocycles. The number of rotatable bonds is 9. The highest BCUT2D eigenvalue weighted by molar-refractivity contribution is 7.48. The van der Waals surface area contributed by atoms with E-state index < -0.39 is 7.82 Å². The Balaban J connectivity index is 0. The standard InChI is InChI=1S/C12H27O4P.C2H6/c1-10(2)7-14-17(13,15-8-11(3)4)16-9-12(5)6;1-2/h10-12H,7-9H2,1-6H3;1-2H3. The van der Waals surface area contributed by atoms with Crippen molar-refractivity contribution in [1.29, 1.82) is 0 Å². The summed E-state index contributed by atoms with van der Waals surface area (Å²) in [5.74, 6) is 0.899. The van der Waals surface area contributed by atoms with Gasteiger partial charge in [-0.05, 0) is 17.8 Å². The second-order valence-electron chi connectivity index (χ2n) is 5.52. The molecule has 0 rings (SSSR count). The monoisotopic (exact) mass is 296 g/mol. The van der Waals surface area contributed by atoms with Crippen LogP contribution in [0.1, 0.15) is 55.4 Å². The molecule has 0 unspecified atom stereocenters. The SMILES string of the molecule is CC.CC(C)COP(=O)(OCC(C)C)OCC(C)C. The van der Waals surface area contributed by atoms with Crippen molar-refractivity contribution in [3.8, 4) is 0 Å². The summed E-state index contributed by atoms with van der Waals surface area (Å²) >= 11 is 0. The first-order chi connectivity index (χ1) is 8.75. The minimum atomic E-state index is -3.38. The van der Waals surface area contributed by atoms with Crippen molar-refractivity contribution in [2.45, 2.75) is 55.4 Å². The molecule has 0 radical (unpaired) electrons. The van der Waals surface area contributed by atoms with Crippen LogP contribution in [0.4, 0.5) is 0 Å². The highest BCUT2D eigenvalue weighted by Gasteiger charge is 2.27. The summed E-state index contributed by atoms with van der Waals surface area (Å²) in [5, 5.41) is 0. The number of phosphoric acid groups is 1. The lowest BCUT2D eigenvalue weighted by molar-refractivity contribution is 0.0882. The largest absolute Gasteiger partial charge is 0.474 e. The van der Waals surface area contributed by atoms with E-state index in [1.165, 1.54) is 0 Å². The lowest BCUT2D eigenvalue weighted by Gasteiger charge is -2.20. The number of hydrogen-bond donors (Lipinski definition) is 0. The molecule has 118 valence electrons. The Morgan fingerprint density at radius 3 is 1.05 bits per heavy atom. The fraction of sp³-hybridized carbons (Fsp3) is 1.00. The zero-order valence-electron chi connectivity index (χ0n) is 13.9. The summed E-state index contributed by atoms with van der Waals surface area (Å²) in [6.45, 7) is 17.1. The molecule has 5 heteroatoms. The van der Waals surface area contributed by atoms with Gasteiger partial charge in [-0.2, -0.15) is 0 Å². The third-order valence-corrected chi connectivity index (χ3v) is 3.09. The predicted molar refractivity (Wildman–Crippen MR) is 81.3 cm³/mol. The maximum absolute atomic E-state index is 12.3. The van der Waals surface area contributed by atoms with Crippen molar-refractivity contribution in [3.63, 3.8) is 0 Å². The summed E-state index contributed by atoms with van der Waals surface area (Å²) in [7, 11) is -3.38. The molecule has 0 bridgehead atoms. The zero-order chi connectivity index (χ0) is 15.5. The predicted octanol–water partition coefficient (Wildman–Crippen LogP) is 5.14. The van der Waals surface area contributed by atoms with Gasteiger partial charge in [-0.25, -0.2) is 4.57 Å². The molecule has 0 fully saturated rings. The summed E-state index contributed by atoms with van der Waals surface area (Å²) in [5.41, 5.74) is 0. The average molecular weight is 296 g/mol. The maximum atomic E-state index is 12.3. The van der Waals surface area contributed by atoms with E-state index in [-0.39, 0.29) is 0 Å². The Morgan fingerprint density at radius 2 is 0.895 bits per heavy atom. The third kappa shape index (κ3) is 14.3. The molecule has 0 aromatic rings. The van der Waals surface area contributed by atoms with Gasteiger partial charge in [0.15, 0.2) is 0 Å². The molecule has 0 saturated carbocycles. The molecule has 0 aliphatic heterocycles. The Labute approximate surface area is 119 Å². The van der Waals surface area contributed by atoms with Gasteiger partial charge in [0.05, 0.1) is 19.8 Å². The van der Waals surface area contributed by atoms with Crippen LogP contribution in [0.3, 0.4) is 0 Å². The summed E-state index contributed by atoms with van der Waals surface area (Å²) in [4.78, 5) is 0. The fourth-order valence-electron chi connectivity index (χ4n) is 0.833. The van der Waals surface area contributed by atoms with Gasteiger partial charge in [-0.1, -0.05) is 55.4 Å². The van der Waals surface area contributed by atoms with Crippen LogP contribution >= 0.6 is 7.82 Å². The first kappa shape index (κ1) is 21.4. The zero-order valence-corrected chi connectivity index (χ0v) is 14.8. The van der Waals surface area contributed by atoms with Crippen molar-refractivity contribution in [1.82, 2.24) is 0 Å². The first-order valence-corrected chi connectivity index (χ1v) is 8.75. The lowest BCUT2D eigenvalue weighted by Crippen LogP contribution is -2.10. The van der Waals surface area contributed by atoms with E-state index in [1.54, 1.807) is 0 Å². The molecule has 0 heterocycles. The molecule has 0 amide bonds. The van der Waals surface area contributed by atoms with Crippen molar-refractivity contribution >= 4 is 7.82 Å². The van der Waals surface area contributed by atoms with Crippen LogP contribution in [-0.4, -0.2) is 19.8 Å². The average Bonchev–Trinajstić information content (AvgIpc) is 2.34. The number of phosphoric ester groups is 1.